The average Bonchev–Trinajstić information content (AvgIpc) is 2.59. The first-order valence-electron chi connectivity index (χ1n) is 8.33. The molecule has 26 heavy (non-hydrogen) atoms. The molecule has 0 radical (unpaired) electrons. The summed E-state index contributed by atoms with van der Waals surface area (Å²) in [6.45, 7) is 6.02. The maximum Gasteiger partial charge on any atom is 0.261 e. The van der Waals surface area contributed by atoms with Crippen molar-refractivity contribution in [2.24, 2.45) is 5.14 Å². The summed E-state index contributed by atoms with van der Waals surface area (Å²) >= 11 is 0. The molecular formula is C19H24N2O4S. The Kier molecular flexibility index (Phi) is 6.39. The number of nitrogens with one attached hydrogen (secondary N) is 1. The highest BCUT2D eigenvalue weighted by Gasteiger charge is 2.15. The van der Waals surface area contributed by atoms with Gasteiger partial charge in [-0.15, -0.1) is 0 Å². The Morgan fingerprint density at radius 2 is 1.81 bits per heavy atom. The lowest BCUT2D eigenvalue weighted by Crippen LogP contribution is -2.35. The zero-order valence-electron chi connectivity index (χ0n) is 15.1. The Morgan fingerprint density at radius 3 is 2.46 bits per heavy atom. The predicted molar refractivity (Wildman–Crippen MR) is 100 cm³/mol. The molecule has 2 aromatic rings. The van der Waals surface area contributed by atoms with Crippen LogP contribution in [0.5, 0.6) is 5.75 Å². The fourth-order valence-electron chi connectivity index (χ4n) is 2.37. The summed E-state index contributed by atoms with van der Waals surface area (Å²) in [5.74, 6) is 0.713. The number of carbonyl (C=O) groups excluding carboxylic acids is 1. The molecule has 0 heterocycles. The number of carbonyl (C=O) groups is 1. The molecule has 3 N–H and O–H groups in total. The first-order chi connectivity index (χ1) is 12.2. The quantitative estimate of drug-likeness (QED) is 0.776. The van der Waals surface area contributed by atoms with Gasteiger partial charge < -0.3 is 10.1 Å². The molecule has 0 aliphatic carbocycles. The molecule has 1 atom stereocenters. The van der Waals surface area contributed by atoms with Crippen LogP contribution in [-0.4, -0.2) is 20.4 Å². The Balaban J connectivity index is 1.96. The number of ether oxygens (including phenoxy) is 1. The van der Waals surface area contributed by atoms with Crippen molar-refractivity contribution in [3.05, 3.63) is 59.7 Å². The number of benzene rings is 2. The zero-order chi connectivity index (χ0) is 19.3. The summed E-state index contributed by atoms with van der Waals surface area (Å²) in [4.78, 5) is 12.3. The number of rotatable bonds is 7. The van der Waals surface area contributed by atoms with Gasteiger partial charge >= 0.3 is 0 Å². The Labute approximate surface area is 154 Å². The molecule has 1 unspecified atom stereocenters. The van der Waals surface area contributed by atoms with Gasteiger partial charge in [0.15, 0.2) is 6.10 Å². The highest BCUT2D eigenvalue weighted by molar-refractivity contribution is 7.89. The summed E-state index contributed by atoms with van der Waals surface area (Å²) in [7, 11) is -3.77. The maximum absolute atomic E-state index is 12.2. The molecule has 2 aromatic carbocycles. The SMILES string of the molecule is CC(Oc1cccc(C(C)C)c1)C(=O)NCc1cccc(S(N)(=O)=O)c1. The highest BCUT2D eigenvalue weighted by atomic mass is 32.2. The highest BCUT2D eigenvalue weighted by Crippen LogP contribution is 2.21. The summed E-state index contributed by atoms with van der Waals surface area (Å²) in [5.41, 5.74) is 1.77. The number of primary sulfonamides is 1. The largest absolute Gasteiger partial charge is 0.481 e. The van der Waals surface area contributed by atoms with E-state index in [9.17, 15) is 13.2 Å². The van der Waals surface area contributed by atoms with Crippen LogP contribution in [0.3, 0.4) is 0 Å². The lowest BCUT2D eigenvalue weighted by molar-refractivity contribution is -0.127. The van der Waals surface area contributed by atoms with E-state index in [0.717, 1.165) is 5.56 Å². The summed E-state index contributed by atoms with van der Waals surface area (Å²) in [5, 5.41) is 7.85. The van der Waals surface area contributed by atoms with Crippen LogP contribution in [0, 0.1) is 0 Å². The lowest BCUT2D eigenvalue weighted by atomic mass is 10.0. The van der Waals surface area contributed by atoms with E-state index < -0.39 is 16.1 Å². The van der Waals surface area contributed by atoms with Crippen LogP contribution in [0.25, 0.3) is 0 Å². The standard InChI is InChI=1S/C19H24N2O4S/c1-13(2)16-7-5-8-17(11-16)25-14(3)19(22)21-12-15-6-4-9-18(10-15)26(20,23)24/h4-11,13-14H,12H2,1-3H3,(H,21,22)(H2,20,23,24). The maximum atomic E-state index is 12.2. The summed E-state index contributed by atoms with van der Waals surface area (Å²) in [6, 6.07) is 13.8. The fraction of sp³-hybridized carbons (Fsp3) is 0.316. The van der Waals surface area contributed by atoms with Crippen molar-refractivity contribution < 1.29 is 17.9 Å². The van der Waals surface area contributed by atoms with Gasteiger partial charge in [-0.3, -0.25) is 4.79 Å². The third-order valence-electron chi connectivity index (χ3n) is 3.90. The molecule has 0 saturated heterocycles. The molecule has 0 bridgehead atoms. The van der Waals surface area contributed by atoms with Gasteiger partial charge in [0.2, 0.25) is 10.0 Å². The minimum atomic E-state index is -3.77. The second-order valence-electron chi connectivity index (χ2n) is 6.40. The van der Waals surface area contributed by atoms with E-state index in [1.807, 2.05) is 24.3 Å². The first-order valence-corrected chi connectivity index (χ1v) is 9.87. The molecule has 0 spiro atoms. The van der Waals surface area contributed by atoms with Crippen molar-refractivity contribution in [2.75, 3.05) is 0 Å². The molecule has 6 nitrogen and oxygen atoms in total. The van der Waals surface area contributed by atoms with Crippen molar-refractivity contribution >= 4 is 15.9 Å². The summed E-state index contributed by atoms with van der Waals surface area (Å²) < 4.78 is 28.5. The zero-order valence-corrected chi connectivity index (χ0v) is 15.9. The van der Waals surface area contributed by atoms with Crippen molar-refractivity contribution in [1.29, 1.82) is 0 Å². The van der Waals surface area contributed by atoms with E-state index in [1.54, 1.807) is 19.1 Å². The summed E-state index contributed by atoms with van der Waals surface area (Å²) in [6.07, 6.45) is -0.682. The van der Waals surface area contributed by atoms with Crippen LogP contribution >= 0.6 is 0 Å². The molecule has 0 aliphatic heterocycles. The average molecular weight is 376 g/mol. The van der Waals surface area contributed by atoms with Gasteiger partial charge in [-0.1, -0.05) is 38.1 Å². The Hall–Kier alpha value is -2.38. The number of nitrogens with two attached hydrogens (primary N) is 1. The van der Waals surface area contributed by atoms with Gasteiger partial charge in [-0.05, 0) is 48.2 Å². The number of amides is 1. The lowest BCUT2D eigenvalue weighted by Gasteiger charge is -2.16. The second-order valence-corrected chi connectivity index (χ2v) is 7.96. The van der Waals surface area contributed by atoms with Gasteiger partial charge in [-0.2, -0.15) is 0 Å². The molecule has 1 amide bonds. The topological polar surface area (TPSA) is 98.5 Å². The van der Waals surface area contributed by atoms with E-state index in [1.165, 1.54) is 12.1 Å². The predicted octanol–water partition coefficient (Wildman–Crippen LogP) is 2.54. The van der Waals surface area contributed by atoms with Gasteiger partial charge in [0, 0.05) is 6.54 Å². The third-order valence-corrected chi connectivity index (χ3v) is 4.81. The number of sulfonamides is 1. The van der Waals surface area contributed by atoms with Crippen LogP contribution in [0.4, 0.5) is 0 Å². The van der Waals surface area contributed by atoms with Gasteiger partial charge in [0.25, 0.3) is 5.91 Å². The molecule has 0 fully saturated rings. The van der Waals surface area contributed by atoms with Crippen molar-refractivity contribution in [1.82, 2.24) is 5.32 Å². The van der Waals surface area contributed by atoms with Gasteiger partial charge in [-0.25, -0.2) is 13.6 Å². The Bertz CT molecular complexity index is 879. The van der Waals surface area contributed by atoms with Crippen LogP contribution in [-0.2, 0) is 21.4 Å². The van der Waals surface area contributed by atoms with Crippen molar-refractivity contribution in [3.63, 3.8) is 0 Å². The third kappa shape index (κ3) is 5.57. The van der Waals surface area contributed by atoms with Crippen molar-refractivity contribution in [2.45, 2.75) is 44.2 Å². The van der Waals surface area contributed by atoms with Crippen molar-refractivity contribution in [3.8, 4) is 5.75 Å². The monoisotopic (exact) mass is 376 g/mol. The molecule has 140 valence electrons. The minimum absolute atomic E-state index is 0.0130. The van der Waals surface area contributed by atoms with E-state index >= 15 is 0 Å². The van der Waals surface area contributed by atoms with Gasteiger partial charge in [0.1, 0.15) is 5.75 Å². The molecular weight excluding hydrogens is 352 g/mol. The Morgan fingerprint density at radius 1 is 1.12 bits per heavy atom. The van der Waals surface area contributed by atoms with Crippen LogP contribution in [0.2, 0.25) is 0 Å². The fourth-order valence-corrected chi connectivity index (χ4v) is 2.95. The number of hydrogen-bond donors (Lipinski definition) is 2. The van der Waals surface area contributed by atoms with Gasteiger partial charge in [0.05, 0.1) is 4.90 Å². The number of hydrogen-bond acceptors (Lipinski definition) is 4. The smallest absolute Gasteiger partial charge is 0.261 e. The normalized spacial score (nSPS) is 12.7. The van der Waals surface area contributed by atoms with E-state index in [4.69, 9.17) is 9.88 Å². The van der Waals surface area contributed by atoms with E-state index in [2.05, 4.69) is 19.2 Å². The van der Waals surface area contributed by atoms with Crippen LogP contribution in [0.15, 0.2) is 53.4 Å². The minimum Gasteiger partial charge on any atom is -0.481 e. The first kappa shape index (κ1) is 19.9. The second kappa shape index (κ2) is 8.33. The molecule has 0 aromatic heterocycles. The van der Waals surface area contributed by atoms with E-state index in [-0.39, 0.29) is 17.3 Å². The molecule has 0 saturated carbocycles. The molecule has 7 heteroatoms. The molecule has 2 rings (SSSR count). The van der Waals surface area contributed by atoms with Crippen LogP contribution in [0.1, 0.15) is 37.8 Å². The van der Waals surface area contributed by atoms with E-state index in [0.29, 0.717) is 17.2 Å². The van der Waals surface area contributed by atoms with Crippen LogP contribution < -0.4 is 15.2 Å². The molecule has 0 aliphatic rings.